The lowest BCUT2D eigenvalue weighted by atomic mass is 9.95. The van der Waals surface area contributed by atoms with Crippen LogP contribution in [0.1, 0.15) is 27.5 Å². The van der Waals surface area contributed by atoms with Crippen LogP contribution in [0.2, 0.25) is 0 Å². The number of aromatic hydroxyl groups is 1. The fourth-order valence-electron chi connectivity index (χ4n) is 4.77. The molecule has 1 amide bonds. The topological polar surface area (TPSA) is 68.8 Å². The molecule has 0 saturated heterocycles. The van der Waals surface area contributed by atoms with Gasteiger partial charge in [0.1, 0.15) is 23.8 Å². The third kappa shape index (κ3) is 4.85. The summed E-state index contributed by atoms with van der Waals surface area (Å²) in [7, 11) is 4.02. The lowest BCUT2D eigenvalue weighted by molar-refractivity contribution is 0.0984. The molecule has 0 spiro atoms. The summed E-state index contributed by atoms with van der Waals surface area (Å²) in [5, 5.41) is 13.3. The first-order valence-electron chi connectivity index (χ1n) is 11.8. The van der Waals surface area contributed by atoms with Crippen molar-refractivity contribution in [3.63, 3.8) is 0 Å². The number of aryl methyl sites for hydroxylation is 1. The molecule has 8 heteroatoms. The number of carbonyl (C=O) groups is 1. The number of anilines is 1. The molecule has 0 unspecified atom stereocenters. The molecular formula is C28H31Cl2N3O3. The minimum atomic E-state index is -0.146. The van der Waals surface area contributed by atoms with Gasteiger partial charge in [0.2, 0.25) is 0 Å². The van der Waals surface area contributed by atoms with E-state index in [-0.39, 0.29) is 17.6 Å². The van der Waals surface area contributed by atoms with Gasteiger partial charge in [-0.15, -0.1) is 23.2 Å². The molecule has 36 heavy (non-hydrogen) atoms. The summed E-state index contributed by atoms with van der Waals surface area (Å²) in [6, 6.07) is 15.2. The van der Waals surface area contributed by atoms with Crippen molar-refractivity contribution in [3.8, 4) is 11.5 Å². The normalized spacial score (nSPS) is 14.8. The van der Waals surface area contributed by atoms with Crippen molar-refractivity contribution in [1.29, 1.82) is 0 Å². The van der Waals surface area contributed by atoms with Crippen molar-refractivity contribution >= 4 is 56.5 Å². The molecular weight excluding hydrogens is 497 g/mol. The lowest BCUT2D eigenvalue weighted by Gasteiger charge is -2.17. The molecule has 0 bridgehead atoms. The number of likely N-dealkylation sites (N-methyl/N-ethyl adjacent to an activating group) is 1. The average molecular weight is 528 g/mol. The van der Waals surface area contributed by atoms with Gasteiger partial charge in [-0.3, -0.25) is 4.79 Å². The summed E-state index contributed by atoms with van der Waals surface area (Å²) in [4.78, 5) is 20.7. The maximum Gasteiger partial charge on any atom is 0.274 e. The highest BCUT2D eigenvalue weighted by Gasteiger charge is 2.35. The zero-order valence-corrected chi connectivity index (χ0v) is 22.5. The van der Waals surface area contributed by atoms with Gasteiger partial charge in [-0.05, 0) is 55.7 Å². The molecule has 2 heterocycles. The second-order valence-corrected chi connectivity index (χ2v) is 9.49. The summed E-state index contributed by atoms with van der Waals surface area (Å²) in [5.74, 6) is 1.22. The molecule has 190 valence electrons. The third-order valence-electron chi connectivity index (χ3n) is 6.52. The first kappa shape index (κ1) is 26.1. The Hall–Kier alpha value is -2.93. The molecule has 0 saturated carbocycles. The van der Waals surface area contributed by atoms with Gasteiger partial charge in [-0.1, -0.05) is 24.3 Å². The van der Waals surface area contributed by atoms with Crippen molar-refractivity contribution in [2.75, 3.05) is 51.0 Å². The Morgan fingerprint density at radius 2 is 1.89 bits per heavy atom. The number of nitrogens with zero attached hydrogens (tertiary/aromatic N) is 2. The van der Waals surface area contributed by atoms with Gasteiger partial charge in [0.15, 0.2) is 0 Å². The highest BCUT2D eigenvalue weighted by atomic mass is 35.5. The van der Waals surface area contributed by atoms with Crippen LogP contribution in [0.25, 0.3) is 21.7 Å². The second-order valence-electron chi connectivity index (χ2n) is 9.18. The van der Waals surface area contributed by atoms with Crippen LogP contribution in [-0.2, 0) is 0 Å². The number of ether oxygens (including phenoxy) is 1. The molecule has 0 fully saturated rings. The van der Waals surface area contributed by atoms with Crippen molar-refractivity contribution in [1.82, 2.24) is 9.88 Å². The number of nitrogens with one attached hydrogen (secondary N) is 1. The maximum absolute atomic E-state index is 13.6. The van der Waals surface area contributed by atoms with Crippen LogP contribution in [0.4, 0.5) is 5.69 Å². The van der Waals surface area contributed by atoms with Crippen LogP contribution in [-0.4, -0.2) is 67.0 Å². The smallest absolute Gasteiger partial charge is 0.274 e. The van der Waals surface area contributed by atoms with E-state index in [0.717, 1.165) is 50.8 Å². The van der Waals surface area contributed by atoms with Gasteiger partial charge < -0.3 is 24.6 Å². The number of phenolic OH excluding ortho intramolecular Hbond substituents is 1. The van der Waals surface area contributed by atoms with E-state index >= 15 is 0 Å². The zero-order chi connectivity index (χ0) is 26.0. The average Bonchev–Trinajstić information content (AvgIpc) is 3.46. The second kappa shape index (κ2) is 11.0. The number of carbonyl (C=O) groups excluding carboxylic acids is 1. The molecule has 1 atom stereocenters. The summed E-state index contributed by atoms with van der Waals surface area (Å²) < 4.78 is 5.96. The van der Waals surface area contributed by atoms with E-state index in [9.17, 15) is 9.90 Å². The number of benzene rings is 3. The standard InChI is InChI=1S/C27H28ClN3O3.CH3Cl/c1-16-10-21-17(12-25(16)34-9-8-30(2)3)11-22(29-21)27(33)31-15-18(14-28)26-20-7-5-4-6-19(20)24(32)13-23(26)31;1-2/h4-7,10-13,18,29,32H,8-9,14-15H2,1-3H3;1H3/t18-;/m1./s1. The number of amides is 1. The highest BCUT2D eigenvalue weighted by Crippen LogP contribution is 2.45. The van der Waals surface area contributed by atoms with Gasteiger partial charge in [0.25, 0.3) is 5.91 Å². The molecule has 1 aliphatic heterocycles. The molecule has 0 radical (unpaired) electrons. The van der Waals surface area contributed by atoms with Crippen LogP contribution in [0.5, 0.6) is 11.5 Å². The summed E-state index contributed by atoms with van der Waals surface area (Å²) in [6.45, 7) is 3.89. The Morgan fingerprint density at radius 3 is 2.58 bits per heavy atom. The van der Waals surface area contributed by atoms with E-state index in [4.69, 9.17) is 16.3 Å². The molecule has 1 aromatic heterocycles. The van der Waals surface area contributed by atoms with E-state index in [0.29, 0.717) is 24.7 Å². The van der Waals surface area contributed by atoms with Crippen molar-refractivity contribution in [2.45, 2.75) is 12.8 Å². The van der Waals surface area contributed by atoms with Crippen LogP contribution in [0.3, 0.4) is 0 Å². The lowest BCUT2D eigenvalue weighted by Crippen LogP contribution is -2.30. The number of aromatic nitrogens is 1. The van der Waals surface area contributed by atoms with E-state index in [1.165, 1.54) is 6.38 Å². The molecule has 4 aromatic rings. The number of aromatic amines is 1. The number of phenols is 1. The van der Waals surface area contributed by atoms with Gasteiger partial charge >= 0.3 is 0 Å². The predicted molar refractivity (Wildman–Crippen MR) is 150 cm³/mol. The van der Waals surface area contributed by atoms with Crippen molar-refractivity contribution in [3.05, 3.63) is 65.4 Å². The molecule has 0 aliphatic carbocycles. The van der Waals surface area contributed by atoms with E-state index in [2.05, 4.69) is 21.5 Å². The molecule has 3 aromatic carbocycles. The Morgan fingerprint density at radius 1 is 1.17 bits per heavy atom. The Bertz CT molecular complexity index is 1400. The van der Waals surface area contributed by atoms with E-state index in [1.807, 2.05) is 63.5 Å². The summed E-state index contributed by atoms with van der Waals surface area (Å²) in [6.07, 6.45) is 1.47. The van der Waals surface area contributed by atoms with Gasteiger partial charge in [-0.25, -0.2) is 0 Å². The quantitative estimate of drug-likeness (QED) is 0.296. The number of hydrogen-bond donors (Lipinski definition) is 2. The SMILES string of the molecule is CCl.Cc1cc2[nH]c(C(=O)N3C[C@@H](CCl)c4c3cc(O)c3ccccc43)cc2cc1OCCN(C)C. The first-order chi connectivity index (χ1) is 17.4. The number of H-pyrrole nitrogens is 1. The molecule has 2 N–H and O–H groups in total. The fourth-order valence-corrected chi connectivity index (χ4v) is 5.02. The van der Waals surface area contributed by atoms with E-state index < -0.39 is 0 Å². The summed E-state index contributed by atoms with van der Waals surface area (Å²) >= 11 is 11.0. The Balaban J connectivity index is 0.00000148. The Kier molecular flexibility index (Phi) is 7.98. The largest absolute Gasteiger partial charge is 0.507 e. The van der Waals surface area contributed by atoms with Gasteiger partial charge in [0, 0.05) is 53.6 Å². The number of hydrogen-bond acceptors (Lipinski definition) is 4. The number of fused-ring (bicyclic) bond motifs is 4. The number of halogens is 2. The van der Waals surface area contributed by atoms with Crippen molar-refractivity contribution in [2.24, 2.45) is 0 Å². The van der Waals surface area contributed by atoms with Crippen LogP contribution in [0.15, 0.2) is 48.5 Å². The van der Waals surface area contributed by atoms with Crippen LogP contribution < -0.4 is 9.64 Å². The Labute approximate surface area is 221 Å². The van der Waals surface area contributed by atoms with Crippen LogP contribution in [0, 0.1) is 6.92 Å². The minimum absolute atomic E-state index is 0.00515. The summed E-state index contributed by atoms with van der Waals surface area (Å²) in [5.41, 5.74) is 4.12. The van der Waals surface area contributed by atoms with Gasteiger partial charge in [-0.2, -0.15) is 0 Å². The number of rotatable bonds is 6. The molecule has 6 nitrogen and oxygen atoms in total. The van der Waals surface area contributed by atoms with E-state index in [1.54, 1.807) is 11.0 Å². The number of alkyl halides is 2. The zero-order valence-electron chi connectivity index (χ0n) is 20.9. The molecule has 1 aliphatic rings. The van der Waals surface area contributed by atoms with Crippen molar-refractivity contribution < 1.29 is 14.6 Å². The first-order valence-corrected chi connectivity index (χ1v) is 13.1. The third-order valence-corrected chi connectivity index (χ3v) is 6.89. The van der Waals surface area contributed by atoms with Crippen LogP contribution >= 0.6 is 23.2 Å². The highest BCUT2D eigenvalue weighted by molar-refractivity contribution is 6.19. The minimum Gasteiger partial charge on any atom is -0.507 e. The predicted octanol–water partition coefficient (Wildman–Crippen LogP) is 6.11. The monoisotopic (exact) mass is 527 g/mol. The molecule has 5 rings (SSSR count). The fraction of sp³-hybridized carbons (Fsp3) is 0.321. The van der Waals surface area contributed by atoms with Gasteiger partial charge in [0.05, 0.1) is 5.69 Å². The maximum atomic E-state index is 13.6.